The van der Waals surface area contributed by atoms with E-state index in [2.05, 4.69) is 48.0 Å². The molecule has 3 rings (SSSR count). The molecule has 7 heteroatoms. The molecule has 1 saturated heterocycles. The van der Waals surface area contributed by atoms with Crippen molar-refractivity contribution in [2.24, 2.45) is 0 Å². The molecule has 1 N–H and O–H groups in total. The van der Waals surface area contributed by atoms with Gasteiger partial charge in [-0.15, -0.1) is 0 Å². The Labute approximate surface area is 158 Å². The Morgan fingerprint density at radius 3 is 2.23 bits per heavy atom. The molecule has 1 aliphatic heterocycles. The minimum Gasteiger partial charge on any atom is -0.307 e. The first-order chi connectivity index (χ1) is 12.1. The molecule has 1 aliphatic rings. The van der Waals surface area contributed by atoms with Crippen LogP contribution in [-0.4, -0.2) is 31.8 Å². The van der Waals surface area contributed by atoms with E-state index < -0.39 is 11.7 Å². The zero-order valence-electron chi connectivity index (χ0n) is 15.5. The van der Waals surface area contributed by atoms with Crippen molar-refractivity contribution in [2.45, 2.75) is 58.0 Å². The van der Waals surface area contributed by atoms with E-state index in [0.29, 0.717) is 11.1 Å². The second-order valence-electron chi connectivity index (χ2n) is 7.62. The lowest BCUT2D eigenvalue weighted by atomic mass is 9.83. The summed E-state index contributed by atoms with van der Waals surface area (Å²) in [6.45, 7) is 9.14. The summed E-state index contributed by atoms with van der Waals surface area (Å²) in [6, 6.07) is 4.50. The van der Waals surface area contributed by atoms with Gasteiger partial charge in [-0.05, 0) is 59.1 Å². The van der Waals surface area contributed by atoms with Gasteiger partial charge in [-0.25, -0.2) is 15.0 Å². The Morgan fingerprint density at radius 1 is 1.12 bits per heavy atom. The Morgan fingerprint density at radius 2 is 1.73 bits per heavy atom. The third kappa shape index (κ3) is 5.81. The molecular weight excluding hydrogens is 355 g/mol. The van der Waals surface area contributed by atoms with Crippen LogP contribution in [0.1, 0.15) is 63.1 Å². The molecule has 0 radical (unpaired) electrons. The lowest BCUT2D eigenvalue weighted by molar-refractivity contribution is 0.102. The van der Waals surface area contributed by atoms with Gasteiger partial charge in [-0.1, -0.05) is 17.7 Å². The molecule has 0 atom stereocenters. The van der Waals surface area contributed by atoms with Gasteiger partial charge in [0.2, 0.25) is 11.7 Å². The molecule has 0 spiro atoms. The number of aromatic nitrogens is 3. The van der Waals surface area contributed by atoms with Crippen LogP contribution >= 0.6 is 11.6 Å². The average molecular weight is 379 g/mol. The first kappa shape index (κ1) is 20.4. The second-order valence-corrected chi connectivity index (χ2v) is 8.00. The zero-order valence-corrected chi connectivity index (χ0v) is 16.3. The molecule has 2 aromatic heterocycles. The van der Waals surface area contributed by atoms with E-state index in [4.69, 9.17) is 11.6 Å². The predicted molar refractivity (Wildman–Crippen MR) is 99.8 cm³/mol. The predicted octanol–water partition coefficient (Wildman–Crippen LogP) is 4.21. The van der Waals surface area contributed by atoms with Crippen molar-refractivity contribution in [1.82, 2.24) is 20.3 Å². The number of nitrogens with one attached hydrogen (secondary N) is 1. The standard InChI is InChI=1S/C10H5ClFN3O.C9H19N/c11-7-3-1-2-6(15-7)9(16)8-10(12)14-5-4-13-8;1-8(2)6-5-7-9(3,4)10-8/h1-5H;10H,5-7H2,1-4H3. The van der Waals surface area contributed by atoms with E-state index >= 15 is 0 Å². The molecule has 0 unspecified atom stereocenters. The molecule has 0 aromatic carbocycles. The number of ketones is 1. The number of hydrogen-bond acceptors (Lipinski definition) is 5. The van der Waals surface area contributed by atoms with Gasteiger partial charge < -0.3 is 5.32 Å². The molecule has 0 saturated carbocycles. The minimum atomic E-state index is -0.922. The summed E-state index contributed by atoms with van der Waals surface area (Å²) in [5, 5.41) is 3.79. The first-order valence-electron chi connectivity index (χ1n) is 8.53. The summed E-state index contributed by atoms with van der Waals surface area (Å²) in [7, 11) is 0. The Bertz CT molecular complexity index is 766. The molecule has 0 bridgehead atoms. The summed E-state index contributed by atoms with van der Waals surface area (Å²) in [5.74, 6) is -1.57. The summed E-state index contributed by atoms with van der Waals surface area (Å²) >= 11 is 5.62. The number of pyridine rings is 1. The lowest BCUT2D eigenvalue weighted by Crippen LogP contribution is -2.55. The average Bonchev–Trinajstić information content (AvgIpc) is 2.53. The summed E-state index contributed by atoms with van der Waals surface area (Å²) < 4.78 is 13.2. The van der Waals surface area contributed by atoms with E-state index in [9.17, 15) is 9.18 Å². The second kappa shape index (κ2) is 8.18. The van der Waals surface area contributed by atoms with Gasteiger partial charge in [0.15, 0.2) is 5.69 Å². The Kier molecular flexibility index (Phi) is 6.42. The van der Waals surface area contributed by atoms with Gasteiger partial charge in [-0.2, -0.15) is 4.39 Å². The van der Waals surface area contributed by atoms with E-state index in [0.717, 1.165) is 6.20 Å². The topological polar surface area (TPSA) is 67.8 Å². The van der Waals surface area contributed by atoms with E-state index in [-0.39, 0.29) is 16.5 Å². The number of halogens is 2. The summed E-state index contributed by atoms with van der Waals surface area (Å²) in [4.78, 5) is 22.5. The maximum Gasteiger partial charge on any atom is 0.242 e. The van der Waals surface area contributed by atoms with Gasteiger partial charge in [0, 0.05) is 23.5 Å². The van der Waals surface area contributed by atoms with Crippen molar-refractivity contribution in [3.05, 3.63) is 53.1 Å². The molecular formula is C19H24ClFN4O. The SMILES string of the molecule is CC1(C)CCCC(C)(C)N1.O=C(c1cccc(Cl)n1)c1nccnc1F. The Balaban J connectivity index is 0.000000209. The maximum atomic E-state index is 13.2. The van der Waals surface area contributed by atoms with Crippen molar-refractivity contribution >= 4 is 17.4 Å². The van der Waals surface area contributed by atoms with Crippen LogP contribution in [0.3, 0.4) is 0 Å². The largest absolute Gasteiger partial charge is 0.307 e. The number of piperidine rings is 1. The minimum absolute atomic E-state index is 0.0342. The highest BCUT2D eigenvalue weighted by Gasteiger charge is 2.31. The van der Waals surface area contributed by atoms with Gasteiger partial charge in [0.1, 0.15) is 10.8 Å². The van der Waals surface area contributed by atoms with Crippen molar-refractivity contribution in [3.8, 4) is 0 Å². The van der Waals surface area contributed by atoms with Crippen molar-refractivity contribution < 1.29 is 9.18 Å². The van der Waals surface area contributed by atoms with E-state index in [1.807, 2.05) is 0 Å². The van der Waals surface area contributed by atoms with Crippen LogP contribution in [0.15, 0.2) is 30.6 Å². The van der Waals surface area contributed by atoms with Crippen molar-refractivity contribution in [2.75, 3.05) is 0 Å². The normalized spacial score (nSPS) is 17.8. The number of rotatable bonds is 2. The van der Waals surface area contributed by atoms with E-state index in [1.54, 1.807) is 6.07 Å². The van der Waals surface area contributed by atoms with Crippen LogP contribution in [0.4, 0.5) is 4.39 Å². The van der Waals surface area contributed by atoms with E-state index in [1.165, 1.54) is 37.6 Å². The third-order valence-corrected chi connectivity index (χ3v) is 4.31. The van der Waals surface area contributed by atoms with Gasteiger partial charge in [0.05, 0.1) is 0 Å². The molecule has 3 heterocycles. The van der Waals surface area contributed by atoms with Crippen molar-refractivity contribution in [3.63, 3.8) is 0 Å². The zero-order chi connectivity index (χ0) is 19.4. The first-order valence-corrected chi connectivity index (χ1v) is 8.91. The molecule has 0 amide bonds. The molecule has 5 nitrogen and oxygen atoms in total. The van der Waals surface area contributed by atoms with Crippen LogP contribution < -0.4 is 5.32 Å². The molecule has 26 heavy (non-hydrogen) atoms. The highest BCUT2D eigenvalue weighted by atomic mass is 35.5. The molecule has 1 fully saturated rings. The Hall–Kier alpha value is -1.92. The summed E-state index contributed by atoms with van der Waals surface area (Å²) in [6.07, 6.45) is 6.40. The fourth-order valence-electron chi connectivity index (χ4n) is 3.14. The quantitative estimate of drug-likeness (QED) is 0.626. The highest BCUT2D eigenvalue weighted by molar-refractivity contribution is 6.29. The van der Waals surface area contributed by atoms with Crippen LogP contribution in [0.25, 0.3) is 0 Å². The molecule has 0 aliphatic carbocycles. The monoisotopic (exact) mass is 378 g/mol. The van der Waals surface area contributed by atoms with Crippen LogP contribution in [0.2, 0.25) is 5.15 Å². The summed E-state index contributed by atoms with van der Waals surface area (Å²) in [5.41, 5.74) is 0.396. The number of carbonyl (C=O) groups excluding carboxylic acids is 1. The number of carbonyl (C=O) groups is 1. The smallest absolute Gasteiger partial charge is 0.242 e. The molecule has 2 aromatic rings. The maximum absolute atomic E-state index is 13.2. The van der Waals surface area contributed by atoms with Gasteiger partial charge in [-0.3, -0.25) is 4.79 Å². The van der Waals surface area contributed by atoms with Crippen LogP contribution in [-0.2, 0) is 0 Å². The highest BCUT2D eigenvalue weighted by Crippen LogP contribution is 2.27. The van der Waals surface area contributed by atoms with Crippen LogP contribution in [0, 0.1) is 5.95 Å². The van der Waals surface area contributed by atoms with Crippen molar-refractivity contribution in [1.29, 1.82) is 0 Å². The number of nitrogens with zero attached hydrogens (tertiary/aromatic N) is 3. The lowest BCUT2D eigenvalue weighted by Gasteiger charge is -2.42. The van der Waals surface area contributed by atoms with Gasteiger partial charge >= 0.3 is 0 Å². The molecule has 140 valence electrons. The number of hydrogen-bond donors (Lipinski definition) is 1. The fraction of sp³-hybridized carbons (Fsp3) is 0.474. The third-order valence-electron chi connectivity index (χ3n) is 4.10. The fourth-order valence-corrected chi connectivity index (χ4v) is 3.31. The van der Waals surface area contributed by atoms with Crippen LogP contribution in [0.5, 0.6) is 0 Å². The van der Waals surface area contributed by atoms with Gasteiger partial charge in [0.25, 0.3) is 0 Å².